The molecule has 2 aliphatic rings. The first-order chi connectivity index (χ1) is 40.1. The van der Waals surface area contributed by atoms with Gasteiger partial charge >= 0.3 is 0 Å². The first-order valence-electron chi connectivity index (χ1n) is 34.6. The average Bonchev–Trinajstić information content (AvgIpc) is 3.60. The molecule has 0 saturated carbocycles. The number of carbonyl (C=O) groups is 1. The zero-order valence-electron chi connectivity index (χ0n) is 52.5. The summed E-state index contributed by atoms with van der Waals surface area (Å²) in [4.78, 5) is 13.3. The summed E-state index contributed by atoms with van der Waals surface area (Å²) in [5, 5.41) is 87.4. The highest BCUT2D eigenvalue weighted by Crippen LogP contribution is 2.30. The van der Waals surface area contributed by atoms with E-state index in [4.69, 9.17) is 18.9 Å². The number of unbranched alkanes of at least 4 members (excludes halogenated alkanes) is 40. The van der Waals surface area contributed by atoms with E-state index in [9.17, 15) is 45.6 Å². The smallest absolute Gasteiger partial charge is 0.220 e. The van der Waals surface area contributed by atoms with Gasteiger partial charge in [0.05, 0.1) is 32.0 Å². The number of nitrogens with one attached hydrogen (secondary N) is 1. The van der Waals surface area contributed by atoms with Gasteiger partial charge in [-0.05, 0) is 44.9 Å². The Morgan fingerprint density at radius 2 is 0.805 bits per heavy atom. The molecule has 14 nitrogen and oxygen atoms in total. The van der Waals surface area contributed by atoms with Gasteiger partial charge in [0.15, 0.2) is 12.6 Å². The second kappa shape index (κ2) is 53.7. The molecule has 0 bridgehead atoms. The minimum absolute atomic E-state index is 0.201. The van der Waals surface area contributed by atoms with Crippen molar-refractivity contribution in [2.45, 2.75) is 383 Å². The number of amides is 1. The molecule has 2 fully saturated rings. The second-order valence-electron chi connectivity index (χ2n) is 24.7. The van der Waals surface area contributed by atoms with Gasteiger partial charge in [-0.1, -0.05) is 282 Å². The Morgan fingerprint density at radius 3 is 1.22 bits per heavy atom. The van der Waals surface area contributed by atoms with Crippen LogP contribution in [0.15, 0.2) is 24.3 Å². The van der Waals surface area contributed by atoms with Crippen LogP contribution in [0.25, 0.3) is 0 Å². The van der Waals surface area contributed by atoms with Crippen molar-refractivity contribution in [3.63, 3.8) is 0 Å². The van der Waals surface area contributed by atoms with Crippen LogP contribution in [0.5, 0.6) is 0 Å². The van der Waals surface area contributed by atoms with E-state index >= 15 is 0 Å². The molecule has 0 aromatic rings. The summed E-state index contributed by atoms with van der Waals surface area (Å²) in [6, 6.07) is -0.826. The molecule has 9 N–H and O–H groups in total. The van der Waals surface area contributed by atoms with Crippen molar-refractivity contribution in [3.8, 4) is 0 Å². The van der Waals surface area contributed by atoms with Gasteiger partial charge in [-0.25, -0.2) is 0 Å². The molecule has 484 valence electrons. The van der Waals surface area contributed by atoms with Crippen LogP contribution in [0.4, 0.5) is 0 Å². The third-order valence-corrected chi connectivity index (χ3v) is 17.2. The lowest BCUT2D eigenvalue weighted by Gasteiger charge is -2.46. The molecular formula is C68H129NO13. The largest absolute Gasteiger partial charge is 0.394 e. The van der Waals surface area contributed by atoms with Crippen molar-refractivity contribution in [2.75, 3.05) is 19.8 Å². The lowest BCUT2D eigenvalue weighted by molar-refractivity contribution is -0.359. The van der Waals surface area contributed by atoms with Crippen molar-refractivity contribution in [2.24, 2.45) is 0 Å². The predicted octanol–water partition coefficient (Wildman–Crippen LogP) is 13.6. The third kappa shape index (κ3) is 37.9. The number of carbonyl (C=O) groups excluding carboxylic acids is 1. The van der Waals surface area contributed by atoms with Gasteiger partial charge in [0.25, 0.3) is 0 Å². The molecule has 2 rings (SSSR count). The van der Waals surface area contributed by atoms with E-state index in [1.165, 1.54) is 225 Å². The lowest BCUT2D eigenvalue weighted by atomic mass is 9.97. The molecule has 12 unspecified atom stereocenters. The van der Waals surface area contributed by atoms with Crippen LogP contribution >= 0.6 is 0 Å². The van der Waals surface area contributed by atoms with Gasteiger partial charge in [0.2, 0.25) is 5.91 Å². The van der Waals surface area contributed by atoms with Crippen LogP contribution in [0, 0.1) is 0 Å². The molecule has 12 atom stereocenters. The van der Waals surface area contributed by atoms with Gasteiger partial charge in [0, 0.05) is 6.42 Å². The molecule has 2 aliphatic heterocycles. The fraction of sp³-hybridized carbons (Fsp3) is 0.926. The Bertz CT molecular complexity index is 1470. The van der Waals surface area contributed by atoms with E-state index in [-0.39, 0.29) is 12.5 Å². The average molecular weight is 1170 g/mol. The zero-order chi connectivity index (χ0) is 59.5. The fourth-order valence-corrected chi connectivity index (χ4v) is 11.6. The Balaban J connectivity index is 1.61. The minimum atomic E-state index is -1.78. The summed E-state index contributed by atoms with van der Waals surface area (Å²) < 4.78 is 22.9. The van der Waals surface area contributed by atoms with E-state index < -0.39 is 86.8 Å². The summed E-state index contributed by atoms with van der Waals surface area (Å²) in [6.07, 6.45) is 49.2. The van der Waals surface area contributed by atoms with Crippen molar-refractivity contribution in [3.05, 3.63) is 24.3 Å². The molecule has 2 heterocycles. The highest BCUT2D eigenvalue weighted by atomic mass is 16.7. The van der Waals surface area contributed by atoms with Crippen LogP contribution in [0.2, 0.25) is 0 Å². The Morgan fingerprint density at radius 1 is 0.439 bits per heavy atom. The van der Waals surface area contributed by atoms with E-state index in [1.807, 2.05) is 0 Å². The monoisotopic (exact) mass is 1170 g/mol. The first kappa shape index (κ1) is 76.6. The summed E-state index contributed by atoms with van der Waals surface area (Å²) in [6.45, 7) is 2.89. The first-order valence-corrected chi connectivity index (χ1v) is 34.6. The van der Waals surface area contributed by atoms with Crippen molar-refractivity contribution < 1.29 is 64.6 Å². The van der Waals surface area contributed by atoms with Crippen LogP contribution in [0.3, 0.4) is 0 Å². The van der Waals surface area contributed by atoms with E-state index in [0.717, 1.165) is 57.8 Å². The molecule has 2 saturated heterocycles. The van der Waals surface area contributed by atoms with Crippen LogP contribution in [-0.4, -0.2) is 140 Å². The van der Waals surface area contributed by atoms with E-state index in [0.29, 0.717) is 12.8 Å². The summed E-state index contributed by atoms with van der Waals surface area (Å²) in [7, 11) is 0. The third-order valence-electron chi connectivity index (χ3n) is 17.2. The van der Waals surface area contributed by atoms with Crippen molar-refractivity contribution in [1.82, 2.24) is 5.32 Å². The quantitative estimate of drug-likeness (QED) is 0.0204. The molecule has 0 aromatic heterocycles. The van der Waals surface area contributed by atoms with Gasteiger partial charge < -0.3 is 65.1 Å². The molecule has 82 heavy (non-hydrogen) atoms. The van der Waals surface area contributed by atoms with Crippen LogP contribution in [0.1, 0.15) is 309 Å². The molecule has 0 spiro atoms. The second-order valence-corrected chi connectivity index (χ2v) is 24.7. The number of ether oxygens (including phenoxy) is 4. The number of aliphatic hydroxyl groups is 8. The topological polar surface area (TPSA) is 228 Å². The van der Waals surface area contributed by atoms with E-state index in [1.54, 1.807) is 0 Å². The number of allylic oxidation sites excluding steroid dienone is 4. The molecule has 0 aliphatic carbocycles. The summed E-state index contributed by atoms with van der Waals surface area (Å²) >= 11 is 0. The maximum atomic E-state index is 13.3. The maximum absolute atomic E-state index is 13.3. The highest BCUT2D eigenvalue weighted by Gasteiger charge is 2.51. The number of aliphatic hydroxyl groups excluding tert-OH is 8. The SMILES string of the molecule is CCCCCCC/C=C\C/C=C\CCCCCCCCCCCCCCCCCCCCCCCC(=O)NC(COC1OC(CO)C(OC2OC(CO)C(O)C(O)C2O)C(O)C1O)C(O)CCCCCCCCCCCCCCCCC. The number of hydrogen-bond donors (Lipinski definition) is 9. The Labute approximate surface area is 500 Å². The summed E-state index contributed by atoms with van der Waals surface area (Å²) in [5.41, 5.74) is 0. The lowest BCUT2D eigenvalue weighted by Crippen LogP contribution is -2.65. The van der Waals surface area contributed by atoms with Crippen molar-refractivity contribution >= 4 is 5.91 Å². The van der Waals surface area contributed by atoms with Crippen LogP contribution in [-0.2, 0) is 23.7 Å². The number of hydrogen-bond acceptors (Lipinski definition) is 13. The van der Waals surface area contributed by atoms with Gasteiger partial charge in [0.1, 0.15) is 48.8 Å². The molecule has 0 radical (unpaired) electrons. The molecule has 0 aromatic carbocycles. The number of rotatable bonds is 57. The summed E-state index contributed by atoms with van der Waals surface area (Å²) in [5.74, 6) is -0.201. The molecular weight excluding hydrogens is 1040 g/mol. The van der Waals surface area contributed by atoms with E-state index in [2.05, 4.69) is 43.5 Å². The maximum Gasteiger partial charge on any atom is 0.220 e. The molecule has 1 amide bonds. The minimum Gasteiger partial charge on any atom is -0.394 e. The highest BCUT2D eigenvalue weighted by molar-refractivity contribution is 5.76. The fourth-order valence-electron chi connectivity index (χ4n) is 11.6. The zero-order valence-corrected chi connectivity index (χ0v) is 52.5. The Kier molecular flexibility index (Phi) is 50.1. The normalized spacial score (nSPS) is 24.0. The van der Waals surface area contributed by atoms with Gasteiger partial charge in [-0.15, -0.1) is 0 Å². The standard InChI is InChI=1S/C68H129NO13/c1-3-5-7-9-11-13-15-17-19-20-21-22-23-24-25-26-27-28-29-30-31-32-33-34-35-36-38-40-42-44-46-48-50-52-60(73)69-56(57(72)51-49-47-45-43-41-39-37-18-16-14-12-10-8-6-4-2)55-79-67-65(78)63(76)66(59(54-71)81-67)82-68-64(77)62(75)61(74)58(53-70)80-68/h15,17,20-21,56-59,61-68,70-72,74-78H,3-14,16,18-19,22-55H2,1-2H3,(H,69,73)/b17-15-,21-20-. The van der Waals surface area contributed by atoms with Gasteiger partial charge in [-0.3, -0.25) is 4.79 Å². The van der Waals surface area contributed by atoms with Crippen molar-refractivity contribution in [1.29, 1.82) is 0 Å². The van der Waals surface area contributed by atoms with Gasteiger partial charge in [-0.2, -0.15) is 0 Å². The Hall–Kier alpha value is -1.53. The predicted molar refractivity (Wildman–Crippen MR) is 332 cm³/mol. The molecule has 14 heteroatoms. The van der Waals surface area contributed by atoms with Crippen LogP contribution < -0.4 is 5.32 Å².